The predicted octanol–water partition coefficient (Wildman–Crippen LogP) is 1.21. The highest BCUT2D eigenvalue weighted by Gasteiger charge is 2.42. The number of rotatable bonds is 8. The number of likely N-dealkylation sites (N-methyl/N-ethyl adjacent to an activating group) is 1. The maximum atomic E-state index is 12.4. The van der Waals surface area contributed by atoms with Gasteiger partial charge in [-0.25, -0.2) is 4.79 Å². The number of nitrogens with zero attached hydrogens (tertiary/aromatic N) is 1. The van der Waals surface area contributed by atoms with Gasteiger partial charge in [0.25, 0.3) is 0 Å². The van der Waals surface area contributed by atoms with Crippen molar-refractivity contribution >= 4 is 19.7 Å². The first kappa shape index (κ1) is 19.2. The molecule has 0 heterocycles. The molecule has 0 saturated heterocycles. The lowest BCUT2D eigenvalue weighted by Gasteiger charge is -2.33. The Kier molecular flexibility index (Phi) is 7.22. The molecule has 0 spiro atoms. The van der Waals surface area contributed by atoms with Gasteiger partial charge in [0, 0.05) is 20.8 Å². The first-order chi connectivity index (χ1) is 10.9. The van der Waals surface area contributed by atoms with E-state index in [1.165, 1.54) is 6.92 Å². The van der Waals surface area contributed by atoms with Gasteiger partial charge in [0.2, 0.25) is 0 Å². The molecule has 0 saturated carbocycles. The molecule has 1 unspecified atom stereocenters. The zero-order chi connectivity index (χ0) is 17.5. The molecule has 8 nitrogen and oxygen atoms in total. The number of carbonyl (C=O) groups is 2. The minimum atomic E-state index is -4.11. The molecule has 1 amide bonds. The van der Waals surface area contributed by atoms with E-state index in [0.29, 0.717) is 0 Å². The second-order valence-electron chi connectivity index (χ2n) is 4.42. The summed E-state index contributed by atoms with van der Waals surface area (Å²) >= 11 is 0. The molecule has 0 aliphatic heterocycles. The first-order valence-corrected chi connectivity index (χ1v) is 8.40. The summed E-state index contributed by atoms with van der Waals surface area (Å²) < 4.78 is 26.8. The van der Waals surface area contributed by atoms with Crippen LogP contribution in [0.15, 0.2) is 30.3 Å². The molecular weight excluding hydrogens is 325 g/mol. The predicted molar refractivity (Wildman–Crippen MR) is 79.4 cm³/mol. The molecule has 1 aromatic rings. The third-order valence-corrected chi connectivity index (χ3v) is 5.20. The molecule has 0 radical (unpaired) electrons. The lowest BCUT2D eigenvalue weighted by Crippen LogP contribution is -2.50. The van der Waals surface area contributed by atoms with E-state index in [9.17, 15) is 19.3 Å². The highest BCUT2D eigenvalue weighted by Crippen LogP contribution is 2.52. The fourth-order valence-corrected chi connectivity index (χ4v) is 3.31. The third kappa shape index (κ3) is 4.79. The molecule has 0 N–H and O–H groups in total. The highest BCUT2D eigenvalue weighted by molar-refractivity contribution is 7.55. The van der Waals surface area contributed by atoms with E-state index in [1.54, 1.807) is 24.3 Å². The van der Waals surface area contributed by atoms with Gasteiger partial charge in [-0.15, -0.1) is 0 Å². The summed E-state index contributed by atoms with van der Waals surface area (Å²) in [6.07, 6.45) is -0.958. The van der Waals surface area contributed by atoms with Gasteiger partial charge in [0.15, 0.2) is 5.78 Å². The fourth-order valence-electron chi connectivity index (χ4n) is 1.91. The molecule has 1 rings (SSSR count). The number of ether oxygens (including phenoxy) is 1. The Morgan fingerprint density at radius 2 is 1.78 bits per heavy atom. The summed E-state index contributed by atoms with van der Waals surface area (Å²) in [5.74, 6) is -3.65. The van der Waals surface area contributed by atoms with Crippen LogP contribution in [0.25, 0.3) is 0 Å². The number of carboxylic acid groups (broad SMARTS) is 1. The van der Waals surface area contributed by atoms with Crippen LogP contribution in [0.2, 0.25) is 0 Å². The van der Waals surface area contributed by atoms with Gasteiger partial charge in [0.1, 0.15) is 6.61 Å². The molecule has 0 bridgehead atoms. The summed E-state index contributed by atoms with van der Waals surface area (Å²) in [5, 5.41) is 11.4. The van der Waals surface area contributed by atoms with Crippen LogP contribution >= 0.6 is 7.60 Å². The summed E-state index contributed by atoms with van der Waals surface area (Å²) in [5.41, 5.74) is 0.726. The van der Waals surface area contributed by atoms with E-state index in [1.807, 2.05) is 6.07 Å². The first-order valence-electron chi connectivity index (χ1n) is 6.79. The van der Waals surface area contributed by atoms with Crippen LogP contribution in [0, 0.1) is 0 Å². The molecule has 0 aromatic heterocycles. The zero-order valence-corrected chi connectivity index (χ0v) is 14.0. The van der Waals surface area contributed by atoms with E-state index in [2.05, 4.69) is 9.05 Å². The van der Waals surface area contributed by atoms with Crippen molar-refractivity contribution in [2.45, 2.75) is 19.3 Å². The highest BCUT2D eigenvalue weighted by atomic mass is 31.2. The standard InChI is InChI=1S/C14H20NO7P/c1-4-15(12(13(16)17)23(19,20-2)21-3)14(18)22-10-11-8-6-5-7-9-11/h5-9,12H,4,10H2,1-3H3,(H,16,17)/p-1. The minimum absolute atomic E-state index is 0.0554. The van der Waals surface area contributed by atoms with Crippen LogP contribution in [0.1, 0.15) is 12.5 Å². The van der Waals surface area contributed by atoms with Crippen molar-refractivity contribution in [2.75, 3.05) is 20.8 Å². The number of benzene rings is 1. The van der Waals surface area contributed by atoms with E-state index in [0.717, 1.165) is 24.7 Å². The van der Waals surface area contributed by atoms with Crippen molar-refractivity contribution < 1.29 is 33.0 Å². The molecule has 9 heteroatoms. The molecular formula is C14H19NO7P-. The Balaban J connectivity index is 2.92. The normalized spacial score (nSPS) is 12.5. The quantitative estimate of drug-likeness (QED) is 0.653. The molecule has 128 valence electrons. The average Bonchev–Trinajstić information content (AvgIpc) is 2.57. The van der Waals surface area contributed by atoms with Crippen LogP contribution < -0.4 is 5.11 Å². The molecule has 1 aromatic carbocycles. The smallest absolute Gasteiger partial charge is 0.411 e. The summed E-state index contributed by atoms with van der Waals surface area (Å²) in [6.45, 7) is 1.37. The number of hydrogen-bond donors (Lipinski definition) is 0. The van der Waals surface area contributed by atoms with Gasteiger partial charge >= 0.3 is 13.7 Å². The lowest BCUT2D eigenvalue weighted by atomic mass is 10.2. The van der Waals surface area contributed by atoms with Gasteiger partial charge in [0.05, 0.1) is 5.97 Å². The number of aliphatic carboxylic acids is 1. The van der Waals surface area contributed by atoms with Crippen molar-refractivity contribution in [1.29, 1.82) is 0 Å². The summed E-state index contributed by atoms with van der Waals surface area (Å²) in [6, 6.07) is 8.84. The zero-order valence-electron chi connectivity index (χ0n) is 13.1. The second kappa shape index (κ2) is 8.67. The van der Waals surface area contributed by atoms with Crippen LogP contribution in [0.5, 0.6) is 0 Å². The van der Waals surface area contributed by atoms with Crippen molar-refractivity contribution in [3.05, 3.63) is 35.9 Å². The maximum absolute atomic E-state index is 12.4. The van der Waals surface area contributed by atoms with Gasteiger partial charge in [-0.3, -0.25) is 9.46 Å². The van der Waals surface area contributed by atoms with E-state index < -0.39 is 25.4 Å². The molecule has 0 fully saturated rings. The molecule has 0 aliphatic carbocycles. The van der Waals surface area contributed by atoms with Gasteiger partial charge in [-0.2, -0.15) is 0 Å². The van der Waals surface area contributed by atoms with Crippen molar-refractivity contribution in [3.63, 3.8) is 0 Å². The third-order valence-electron chi connectivity index (χ3n) is 3.09. The maximum Gasteiger partial charge on any atom is 0.411 e. The monoisotopic (exact) mass is 344 g/mol. The molecule has 0 aliphatic rings. The number of amides is 1. The number of carbonyl (C=O) groups excluding carboxylic acids is 2. The number of hydrogen-bond acceptors (Lipinski definition) is 7. The number of carboxylic acids is 1. The Labute approximate surface area is 134 Å². The van der Waals surface area contributed by atoms with Crippen LogP contribution in [0.3, 0.4) is 0 Å². The van der Waals surface area contributed by atoms with Crippen molar-refractivity contribution in [1.82, 2.24) is 4.90 Å². The summed E-state index contributed by atoms with van der Waals surface area (Å²) in [7, 11) is -2.04. The van der Waals surface area contributed by atoms with E-state index in [4.69, 9.17) is 4.74 Å². The van der Waals surface area contributed by atoms with Gasteiger partial charge in [-0.05, 0) is 12.5 Å². The molecule has 1 atom stereocenters. The Bertz CT molecular complexity index is 570. The van der Waals surface area contributed by atoms with Crippen LogP contribution in [-0.2, 0) is 29.8 Å². The largest absolute Gasteiger partial charge is 0.547 e. The van der Waals surface area contributed by atoms with E-state index >= 15 is 0 Å². The summed E-state index contributed by atoms with van der Waals surface area (Å²) in [4.78, 5) is 24.2. The SMILES string of the molecule is CCN(C(=O)OCc1ccccc1)C(C(=O)[O-])P(=O)(OC)OC. The van der Waals surface area contributed by atoms with Crippen LogP contribution in [0.4, 0.5) is 4.79 Å². The van der Waals surface area contributed by atoms with Crippen LogP contribution in [-0.4, -0.2) is 43.5 Å². The van der Waals surface area contributed by atoms with Crippen molar-refractivity contribution in [2.24, 2.45) is 0 Å². The van der Waals surface area contributed by atoms with Crippen molar-refractivity contribution in [3.8, 4) is 0 Å². The Hall–Kier alpha value is -1.89. The minimum Gasteiger partial charge on any atom is -0.547 e. The topological polar surface area (TPSA) is 105 Å². The lowest BCUT2D eigenvalue weighted by molar-refractivity contribution is -0.308. The van der Waals surface area contributed by atoms with Gasteiger partial charge < -0.3 is 23.7 Å². The molecule has 23 heavy (non-hydrogen) atoms. The fraction of sp³-hybridized carbons (Fsp3) is 0.429. The van der Waals surface area contributed by atoms with E-state index in [-0.39, 0.29) is 13.2 Å². The second-order valence-corrected chi connectivity index (χ2v) is 6.72. The average molecular weight is 344 g/mol. The van der Waals surface area contributed by atoms with Gasteiger partial charge in [-0.1, -0.05) is 30.3 Å². The Morgan fingerprint density at radius 1 is 1.22 bits per heavy atom. The Morgan fingerprint density at radius 3 is 2.22 bits per heavy atom.